The van der Waals surface area contributed by atoms with E-state index in [4.69, 9.17) is 0 Å². The molecule has 3 heterocycles. The van der Waals surface area contributed by atoms with Gasteiger partial charge in [0.05, 0.1) is 5.69 Å². The van der Waals surface area contributed by atoms with Crippen LogP contribution in [-0.4, -0.2) is 39.2 Å². The van der Waals surface area contributed by atoms with Crippen LogP contribution in [0.3, 0.4) is 0 Å². The summed E-state index contributed by atoms with van der Waals surface area (Å²) in [6, 6.07) is 4.29. The fourth-order valence-corrected chi connectivity index (χ4v) is 5.11. The van der Waals surface area contributed by atoms with Crippen LogP contribution in [0.2, 0.25) is 0 Å². The van der Waals surface area contributed by atoms with Gasteiger partial charge in [0.25, 0.3) is 5.91 Å². The molecular weight excluding hydrogens is 310 g/mol. The quantitative estimate of drug-likeness (QED) is 0.850. The summed E-state index contributed by atoms with van der Waals surface area (Å²) >= 11 is 4.96. The van der Waals surface area contributed by atoms with Crippen LogP contribution < -0.4 is 0 Å². The highest BCUT2D eigenvalue weighted by molar-refractivity contribution is 7.99. The Morgan fingerprint density at radius 3 is 3.05 bits per heavy atom. The monoisotopic (exact) mass is 325 g/mol. The first-order valence-electron chi connectivity index (χ1n) is 6.49. The molecule has 0 saturated carbocycles. The van der Waals surface area contributed by atoms with Crippen LogP contribution in [0.25, 0.3) is 0 Å². The Labute approximate surface area is 130 Å². The zero-order valence-corrected chi connectivity index (χ0v) is 13.6. The van der Waals surface area contributed by atoms with E-state index >= 15 is 0 Å². The molecular formula is C13H15N3OS3. The highest BCUT2D eigenvalue weighted by atomic mass is 32.2. The smallest absolute Gasteiger partial charge is 0.267 e. The van der Waals surface area contributed by atoms with E-state index in [0.717, 1.165) is 31.0 Å². The summed E-state index contributed by atoms with van der Waals surface area (Å²) < 4.78 is 3.86. The van der Waals surface area contributed by atoms with E-state index < -0.39 is 0 Å². The SMILES string of the molecule is Cc1nnsc1C(=O)N1CCSC(c2cccs2)CC1. The molecule has 0 N–H and O–H groups in total. The lowest BCUT2D eigenvalue weighted by Crippen LogP contribution is -2.32. The van der Waals surface area contributed by atoms with Crippen molar-refractivity contribution in [2.75, 3.05) is 18.8 Å². The molecule has 0 bridgehead atoms. The molecule has 1 fully saturated rings. The van der Waals surface area contributed by atoms with Gasteiger partial charge in [-0.3, -0.25) is 4.79 Å². The van der Waals surface area contributed by atoms with E-state index in [1.165, 1.54) is 16.4 Å². The van der Waals surface area contributed by atoms with Gasteiger partial charge < -0.3 is 4.90 Å². The summed E-state index contributed by atoms with van der Waals surface area (Å²) in [6.07, 6.45) is 1.02. The summed E-state index contributed by atoms with van der Waals surface area (Å²) in [4.78, 5) is 16.5. The number of thiophene rings is 1. The highest BCUT2D eigenvalue weighted by Crippen LogP contribution is 2.37. The van der Waals surface area contributed by atoms with Gasteiger partial charge in [-0.25, -0.2) is 0 Å². The third-order valence-electron chi connectivity index (χ3n) is 3.33. The molecule has 0 spiro atoms. The van der Waals surface area contributed by atoms with E-state index in [2.05, 4.69) is 27.1 Å². The third-order valence-corrected chi connectivity index (χ3v) is 6.60. The zero-order valence-electron chi connectivity index (χ0n) is 11.1. The molecule has 106 valence electrons. The van der Waals surface area contributed by atoms with E-state index in [0.29, 0.717) is 10.1 Å². The van der Waals surface area contributed by atoms with Gasteiger partial charge >= 0.3 is 0 Å². The van der Waals surface area contributed by atoms with Gasteiger partial charge in [-0.15, -0.1) is 16.4 Å². The minimum Gasteiger partial charge on any atom is -0.337 e. The van der Waals surface area contributed by atoms with Crippen molar-refractivity contribution in [2.45, 2.75) is 18.6 Å². The topological polar surface area (TPSA) is 46.1 Å². The van der Waals surface area contributed by atoms with E-state index in [1.54, 1.807) is 11.3 Å². The first-order chi connectivity index (χ1) is 9.75. The van der Waals surface area contributed by atoms with Gasteiger partial charge in [-0.05, 0) is 36.3 Å². The molecule has 1 amide bonds. The van der Waals surface area contributed by atoms with Crippen LogP contribution >= 0.6 is 34.6 Å². The molecule has 7 heteroatoms. The Hall–Kier alpha value is -0.920. The number of thioether (sulfide) groups is 1. The minimum atomic E-state index is 0.0879. The van der Waals surface area contributed by atoms with Gasteiger partial charge in [0.15, 0.2) is 0 Å². The van der Waals surface area contributed by atoms with Crippen molar-refractivity contribution in [3.63, 3.8) is 0 Å². The molecule has 20 heavy (non-hydrogen) atoms. The summed E-state index contributed by atoms with van der Waals surface area (Å²) in [5, 5.41) is 6.57. The van der Waals surface area contributed by atoms with Crippen molar-refractivity contribution >= 4 is 40.5 Å². The van der Waals surface area contributed by atoms with Gasteiger partial charge in [0, 0.05) is 29.0 Å². The van der Waals surface area contributed by atoms with Crippen LogP contribution in [-0.2, 0) is 0 Å². The lowest BCUT2D eigenvalue weighted by atomic mass is 10.2. The number of carbonyl (C=O) groups excluding carboxylic acids is 1. The second-order valence-corrected chi connectivity index (χ2v) is 7.69. The highest BCUT2D eigenvalue weighted by Gasteiger charge is 2.25. The molecule has 1 aliphatic heterocycles. The molecule has 4 nitrogen and oxygen atoms in total. The average molecular weight is 325 g/mol. The van der Waals surface area contributed by atoms with Gasteiger partial charge in [-0.2, -0.15) is 11.8 Å². The zero-order chi connectivity index (χ0) is 13.9. The van der Waals surface area contributed by atoms with Crippen LogP contribution in [0.5, 0.6) is 0 Å². The number of carbonyl (C=O) groups is 1. The molecule has 3 rings (SSSR count). The normalized spacial score (nSPS) is 19.9. The van der Waals surface area contributed by atoms with Crippen molar-refractivity contribution in [1.82, 2.24) is 14.5 Å². The number of hydrogen-bond donors (Lipinski definition) is 0. The van der Waals surface area contributed by atoms with Crippen LogP contribution in [0.15, 0.2) is 17.5 Å². The maximum absolute atomic E-state index is 12.5. The second-order valence-electron chi connectivity index (χ2n) is 4.64. The fourth-order valence-electron chi connectivity index (χ4n) is 2.25. The van der Waals surface area contributed by atoms with Gasteiger partial charge in [0.2, 0.25) is 0 Å². The maximum atomic E-state index is 12.5. The lowest BCUT2D eigenvalue weighted by molar-refractivity contribution is 0.0770. The Morgan fingerprint density at radius 1 is 1.45 bits per heavy atom. The second kappa shape index (κ2) is 6.24. The van der Waals surface area contributed by atoms with Crippen molar-refractivity contribution in [3.05, 3.63) is 33.0 Å². The molecule has 1 saturated heterocycles. The number of nitrogens with zero attached hydrogens (tertiary/aromatic N) is 3. The fraction of sp³-hybridized carbons (Fsp3) is 0.462. The first kappa shape index (κ1) is 14.0. The summed E-state index contributed by atoms with van der Waals surface area (Å²) in [5.41, 5.74) is 0.742. The van der Waals surface area contributed by atoms with Crippen LogP contribution in [0.4, 0.5) is 0 Å². The summed E-state index contributed by atoms with van der Waals surface area (Å²) in [6.45, 7) is 3.46. The number of rotatable bonds is 2. The van der Waals surface area contributed by atoms with Gasteiger partial charge in [0.1, 0.15) is 4.88 Å². The van der Waals surface area contributed by atoms with Crippen molar-refractivity contribution in [1.29, 1.82) is 0 Å². The average Bonchev–Trinajstić information content (AvgIpc) is 3.05. The number of amides is 1. The summed E-state index contributed by atoms with van der Waals surface area (Å²) in [7, 11) is 0. The molecule has 1 atom stereocenters. The number of aryl methyl sites for hydroxylation is 1. The molecule has 1 unspecified atom stereocenters. The van der Waals surface area contributed by atoms with E-state index in [9.17, 15) is 4.79 Å². The summed E-state index contributed by atoms with van der Waals surface area (Å²) in [5.74, 6) is 1.07. The van der Waals surface area contributed by atoms with E-state index in [1.807, 2.05) is 23.6 Å². The Bertz CT molecular complexity index is 581. The number of aromatic nitrogens is 2. The maximum Gasteiger partial charge on any atom is 0.267 e. The first-order valence-corrected chi connectivity index (χ1v) is 9.19. The van der Waals surface area contributed by atoms with Crippen LogP contribution in [0, 0.1) is 6.92 Å². The molecule has 0 aliphatic carbocycles. The predicted octanol–water partition coefficient (Wildman–Crippen LogP) is 3.23. The van der Waals surface area contributed by atoms with Crippen molar-refractivity contribution in [3.8, 4) is 0 Å². The Morgan fingerprint density at radius 2 is 2.35 bits per heavy atom. The molecule has 1 aliphatic rings. The third kappa shape index (κ3) is 2.89. The van der Waals surface area contributed by atoms with Crippen molar-refractivity contribution in [2.24, 2.45) is 0 Å². The minimum absolute atomic E-state index is 0.0879. The van der Waals surface area contributed by atoms with Crippen LogP contribution in [0.1, 0.15) is 31.9 Å². The van der Waals surface area contributed by atoms with Gasteiger partial charge in [-0.1, -0.05) is 10.6 Å². The largest absolute Gasteiger partial charge is 0.337 e. The van der Waals surface area contributed by atoms with Crippen molar-refractivity contribution < 1.29 is 4.79 Å². The molecule has 2 aromatic rings. The molecule has 0 aromatic carbocycles. The number of hydrogen-bond acceptors (Lipinski definition) is 6. The molecule has 0 radical (unpaired) electrons. The molecule has 2 aromatic heterocycles. The Kier molecular flexibility index (Phi) is 4.38. The standard InChI is InChI=1S/C13H15N3OS3/c1-9-12(20-15-14-9)13(17)16-5-4-11(19-8-6-16)10-3-2-7-18-10/h2-3,7,11H,4-6,8H2,1H3. The van der Waals surface area contributed by atoms with E-state index in [-0.39, 0.29) is 5.91 Å². The lowest BCUT2D eigenvalue weighted by Gasteiger charge is -2.19. The predicted molar refractivity (Wildman–Crippen MR) is 84.7 cm³/mol. The Balaban J connectivity index is 1.68.